The van der Waals surface area contributed by atoms with Crippen LogP contribution in [-0.4, -0.2) is 37.6 Å². The summed E-state index contributed by atoms with van der Waals surface area (Å²) in [5.41, 5.74) is 6.94. The molecule has 4 nitrogen and oxygen atoms in total. The molecule has 18 heavy (non-hydrogen) atoms. The van der Waals surface area contributed by atoms with E-state index in [1.807, 2.05) is 19.2 Å². The van der Waals surface area contributed by atoms with Crippen molar-refractivity contribution in [2.24, 2.45) is 5.92 Å². The summed E-state index contributed by atoms with van der Waals surface area (Å²) in [7, 11) is 1.82. The molecule has 1 amide bonds. The minimum atomic E-state index is -0.0151. The van der Waals surface area contributed by atoms with Crippen LogP contribution in [0.3, 0.4) is 0 Å². The Hall–Kier alpha value is -1.55. The van der Waals surface area contributed by atoms with Crippen LogP contribution in [0.1, 0.15) is 23.2 Å². The average molecular weight is 248 g/mol. The minimum Gasteiger partial charge on any atom is -0.398 e. The summed E-state index contributed by atoms with van der Waals surface area (Å²) in [6.45, 7) is 2.33. The summed E-state index contributed by atoms with van der Waals surface area (Å²) in [5, 5.41) is 0. The third kappa shape index (κ3) is 3.01. The second-order valence-electron chi connectivity index (χ2n) is 4.86. The second-order valence-corrected chi connectivity index (χ2v) is 4.86. The van der Waals surface area contributed by atoms with Gasteiger partial charge in [0.2, 0.25) is 0 Å². The molecule has 0 radical (unpaired) electrons. The molecule has 1 fully saturated rings. The van der Waals surface area contributed by atoms with Gasteiger partial charge in [-0.2, -0.15) is 0 Å². The quantitative estimate of drug-likeness (QED) is 0.829. The molecule has 0 saturated carbocycles. The molecule has 2 rings (SSSR count). The van der Waals surface area contributed by atoms with Crippen LogP contribution < -0.4 is 5.73 Å². The van der Waals surface area contributed by atoms with Gasteiger partial charge in [-0.3, -0.25) is 4.79 Å². The smallest absolute Gasteiger partial charge is 0.255 e. The summed E-state index contributed by atoms with van der Waals surface area (Å²) < 4.78 is 5.43. The Kier molecular flexibility index (Phi) is 4.20. The van der Waals surface area contributed by atoms with Crippen molar-refractivity contribution >= 4 is 11.6 Å². The van der Waals surface area contributed by atoms with E-state index >= 15 is 0 Å². The van der Waals surface area contributed by atoms with Gasteiger partial charge in [0.15, 0.2) is 0 Å². The number of para-hydroxylation sites is 1. The maximum absolute atomic E-state index is 12.2. The van der Waals surface area contributed by atoms with Crippen LogP contribution in [0.5, 0.6) is 0 Å². The van der Waals surface area contributed by atoms with Gasteiger partial charge in [-0.15, -0.1) is 0 Å². The van der Waals surface area contributed by atoms with Gasteiger partial charge in [-0.25, -0.2) is 0 Å². The molecule has 0 bridgehead atoms. The standard InChI is InChI=1S/C14H20N2O2/c1-16(9-11-5-4-8-18-10-11)14(17)12-6-2-3-7-13(12)15/h2-3,6-7,11H,4-5,8-10,15H2,1H3. The first kappa shape index (κ1) is 12.9. The maximum atomic E-state index is 12.2. The first-order chi connectivity index (χ1) is 8.68. The Morgan fingerprint density at radius 1 is 1.50 bits per heavy atom. The van der Waals surface area contributed by atoms with Crippen LogP contribution in [0.2, 0.25) is 0 Å². The van der Waals surface area contributed by atoms with Gasteiger partial charge in [-0.1, -0.05) is 12.1 Å². The van der Waals surface area contributed by atoms with Gasteiger partial charge in [0.1, 0.15) is 0 Å². The zero-order chi connectivity index (χ0) is 13.0. The van der Waals surface area contributed by atoms with E-state index in [-0.39, 0.29) is 5.91 Å². The van der Waals surface area contributed by atoms with E-state index in [4.69, 9.17) is 10.5 Å². The first-order valence-electron chi connectivity index (χ1n) is 6.36. The fourth-order valence-corrected chi connectivity index (χ4v) is 2.32. The van der Waals surface area contributed by atoms with Crippen LogP contribution in [0.25, 0.3) is 0 Å². The van der Waals surface area contributed by atoms with E-state index < -0.39 is 0 Å². The molecule has 1 unspecified atom stereocenters. The highest BCUT2D eigenvalue weighted by Crippen LogP contribution is 2.17. The van der Waals surface area contributed by atoms with Crippen molar-refractivity contribution in [1.82, 2.24) is 4.90 Å². The number of anilines is 1. The molecular weight excluding hydrogens is 228 g/mol. The van der Waals surface area contributed by atoms with Gasteiger partial charge in [-0.05, 0) is 30.9 Å². The highest BCUT2D eigenvalue weighted by molar-refractivity contribution is 5.98. The Bertz CT molecular complexity index is 414. The summed E-state index contributed by atoms with van der Waals surface area (Å²) >= 11 is 0. The van der Waals surface area contributed by atoms with Crippen LogP contribution in [0.4, 0.5) is 5.69 Å². The molecule has 4 heteroatoms. The lowest BCUT2D eigenvalue weighted by atomic mass is 10.0. The van der Waals surface area contributed by atoms with Crippen molar-refractivity contribution in [2.45, 2.75) is 12.8 Å². The van der Waals surface area contributed by atoms with Crippen molar-refractivity contribution < 1.29 is 9.53 Å². The number of amides is 1. The Morgan fingerprint density at radius 2 is 2.28 bits per heavy atom. The van der Waals surface area contributed by atoms with Gasteiger partial charge in [0.05, 0.1) is 12.2 Å². The molecule has 1 aliphatic rings. The normalized spacial score (nSPS) is 19.5. The molecule has 2 N–H and O–H groups in total. The van der Waals surface area contributed by atoms with Crippen molar-refractivity contribution in [3.05, 3.63) is 29.8 Å². The number of benzene rings is 1. The minimum absolute atomic E-state index is 0.0151. The molecule has 98 valence electrons. The van der Waals surface area contributed by atoms with Gasteiger partial charge >= 0.3 is 0 Å². The number of nitrogens with zero attached hydrogens (tertiary/aromatic N) is 1. The molecule has 1 atom stereocenters. The topological polar surface area (TPSA) is 55.6 Å². The van der Waals surface area contributed by atoms with E-state index in [9.17, 15) is 4.79 Å². The zero-order valence-corrected chi connectivity index (χ0v) is 10.8. The fourth-order valence-electron chi connectivity index (χ4n) is 2.32. The third-order valence-corrected chi connectivity index (χ3v) is 3.32. The number of carbonyl (C=O) groups excluding carboxylic acids is 1. The molecule has 1 aliphatic heterocycles. The Balaban J connectivity index is 1.98. The zero-order valence-electron chi connectivity index (χ0n) is 10.8. The lowest BCUT2D eigenvalue weighted by Crippen LogP contribution is -2.35. The number of nitrogen functional groups attached to an aromatic ring is 1. The monoisotopic (exact) mass is 248 g/mol. The SMILES string of the molecule is CN(CC1CCCOC1)C(=O)c1ccccc1N. The molecule has 1 aromatic carbocycles. The number of hydrogen-bond acceptors (Lipinski definition) is 3. The van der Waals surface area contributed by atoms with Crippen LogP contribution in [-0.2, 0) is 4.74 Å². The van der Waals surface area contributed by atoms with Gasteiger partial charge < -0.3 is 15.4 Å². The summed E-state index contributed by atoms with van der Waals surface area (Å²) in [6, 6.07) is 7.19. The number of ether oxygens (including phenoxy) is 1. The molecular formula is C14H20N2O2. The largest absolute Gasteiger partial charge is 0.398 e. The number of nitrogens with two attached hydrogens (primary N) is 1. The second kappa shape index (κ2) is 5.87. The predicted octanol–water partition coefficient (Wildman–Crippen LogP) is 1.77. The molecule has 1 heterocycles. The highest BCUT2D eigenvalue weighted by Gasteiger charge is 2.20. The van der Waals surface area contributed by atoms with E-state index in [1.54, 1.807) is 17.0 Å². The van der Waals surface area contributed by atoms with Gasteiger partial charge in [0, 0.05) is 25.9 Å². The fraction of sp³-hybridized carbons (Fsp3) is 0.500. The van der Waals surface area contributed by atoms with Crippen molar-refractivity contribution in [3.8, 4) is 0 Å². The molecule has 1 saturated heterocycles. The molecule has 0 aromatic heterocycles. The van der Waals surface area contributed by atoms with Gasteiger partial charge in [0.25, 0.3) is 5.91 Å². The van der Waals surface area contributed by atoms with Crippen molar-refractivity contribution in [1.29, 1.82) is 0 Å². The first-order valence-corrected chi connectivity index (χ1v) is 6.36. The molecule has 0 aliphatic carbocycles. The van der Waals surface area contributed by atoms with E-state index in [2.05, 4.69) is 0 Å². The summed E-state index contributed by atoms with van der Waals surface area (Å²) in [6.07, 6.45) is 2.21. The van der Waals surface area contributed by atoms with Crippen molar-refractivity contribution in [3.63, 3.8) is 0 Å². The highest BCUT2D eigenvalue weighted by atomic mass is 16.5. The van der Waals surface area contributed by atoms with E-state index in [0.29, 0.717) is 17.2 Å². The molecule has 1 aromatic rings. The summed E-state index contributed by atoms with van der Waals surface area (Å²) in [5.74, 6) is 0.427. The number of hydrogen-bond donors (Lipinski definition) is 1. The van der Waals surface area contributed by atoms with Crippen LogP contribution in [0, 0.1) is 5.92 Å². The lowest BCUT2D eigenvalue weighted by Gasteiger charge is -2.27. The molecule has 0 spiro atoms. The van der Waals surface area contributed by atoms with E-state index in [1.165, 1.54) is 0 Å². The number of rotatable bonds is 3. The van der Waals surface area contributed by atoms with E-state index in [0.717, 1.165) is 32.6 Å². The Morgan fingerprint density at radius 3 is 2.94 bits per heavy atom. The third-order valence-electron chi connectivity index (χ3n) is 3.32. The van der Waals surface area contributed by atoms with Crippen molar-refractivity contribution in [2.75, 3.05) is 32.5 Å². The van der Waals surface area contributed by atoms with Crippen LogP contribution >= 0.6 is 0 Å². The lowest BCUT2D eigenvalue weighted by molar-refractivity contribution is 0.0389. The average Bonchev–Trinajstić information content (AvgIpc) is 2.39. The maximum Gasteiger partial charge on any atom is 0.255 e. The predicted molar refractivity (Wildman–Crippen MR) is 71.4 cm³/mol. The summed E-state index contributed by atoms with van der Waals surface area (Å²) in [4.78, 5) is 14.0. The van der Waals surface area contributed by atoms with Crippen LogP contribution in [0.15, 0.2) is 24.3 Å². The Labute approximate surface area is 108 Å². The number of carbonyl (C=O) groups is 1.